The van der Waals surface area contributed by atoms with Crippen LogP contribution in [0, 0.1) is 0 Å². The molecule has 0 spiro atoms. The normalized spacial score (nSPS) is 9.00. The van der Waals surface area contributed by atoms with Gasteiger partial charge in [0.25, 0.3) is 0 Å². The number of thiazole rings is 1. The lowest BCUT2D eigenvalue weighted by Crippen LogP contribution is -1.92. The predicted molar refractivity (Wildman–Crippen MR) is 292 cm³/mol. The maximum absolute atomic E-state index is 10.8. The quantitative estimate of drug-likeness (QED) is 0.0870. The van der Waals surface area contributed by atoms with Gasteiger partial charge >= 0.3 is 10.6 Å². The zero-order valence-electron chi connectivity index (χ0n) is 41.6. The van der Waals surface area contributed by atoms with Gasteiger partial charge in [-0.05, 0) is 72.1 Å². The molecular weight excluding hydrogens is 869 g/mol. The largest absolute Gasteiger partial charge is 0.417 e. The highest BCUT2D eigenvalue weighted by molar-refractivity contribution is 7.16. The van der Waals surface area contributed by atoms with Crippen molar-refractivity contribution in [3.8, 4) is 0 Å². The number of aromatic amines is 6. The Bertz CT molecular complexity index is 2610. The first-order chi connectivity index (χ1) is 33.6. The number of oxazole rings is 1. The van der Waals surface area contributed by atoms with Crippen LogP contribution >= 0.6 is 11.3 Å². The summed E-state index contributed by atoms with van der Waals surface area (Å²) in [5.74, 6) is -0.402. The molecule has 0 atom stereocenters. The SMILES string of the molecule is CC.CC.CC.CC.CC.CC.O=c1[nH]c2ccccc2o1.O=c1[nH]c2ccccc2s1.c1ccc2[nH]ccc2c1.c1ccc2[nH]cnc2c1.c1ccc2[nH]ncc2c1.c1ccc2n[nH]nc2c1. The van der Waals surface area contributed by atoms with Crippen molar-refractivity contribution in [2.45, 2.75) is 83.1 Å². The summed E-state index contributed by atoms with van der Waals surface area (Å²) in [6.45, 7) is 24.0. The zero-order chi connectivity index (χ0) is 50.4. The number of nitrogens with one attached hydrogen (secondary N) is 6. The van der Waals surface area contributed by atoms with E-state index in [0.717, 1.165) is 48.7 Å². The number of nitrogens with zero attached hydrogens (tertiary/aromatic N) is 4. The third kappa shape index (κ3) is 19.7. The predicted octanol–water partition coefficient (Wildman–Crippen LogP) is 15.1. The second-order valence-electron chi connectivity index (χ2n) is 11.8. The minimum atomic E-state index is -0.402. The molecule has 6 aromatic heterocycles. The number of imidazole rings is 1. The number of fused-ring (bicyclic) bond motifs is 6. The number of hydrogen-bond donors (Lipinski definition) is 6. The first-order valence-electron chi connectivity index (χ1n) is 23.3. The molecule has 0 radical (unpaired) electrons. The minimum Gasteiger partial charge on any atom is -0.408 e. The van der Waals surface area contributed by atoms with Crippen LogP contribution in [0.3, 0.4) is 0 Å². The number of para-hydroxylation sites is 9. The van der Waals surface area contributed by atoms with Crippen LogP contribution in [0.15, 0.2) is 184 Å². The average molecular weight is 939 g/mol. The molecule has 14 heteroatoms. The van der Waals surface area contributed by atoms with E-state index in [4.69, 9.17) is 4.42 Å². The summed E-state index contributed by atoms with van der Waals surface area (Å²) >= 11 is 1.24. The summed E-state index contributed by atoms with van der Waals surface area (Å²) in [7, 11) is 0. The van der Waals surface area contributed by atoms with Crippen molar-refractivity contribution in [3.05, 3.63) is 191 Å². The topological polar surface area (TPSA) is 194 Å². The molecule has 0 bridgehead atoms. The van der Waals surface area contributed by atoms with Crippen LogP contribution < -0.4 is 10.6 Å². The number of H-pyrrole nitrogens is 6. The lowest BCUT2D eigenvalue weighted by molar-refractivity contribution is 0.555. The fourth-order valence-corrected chi connectivity index (χ4v) is 6.07. The van der Waals surface area contributed by atoms with Crippen molar-refractivity contribution < 1.29 is 4.42 Å². The molecule has 13 nitrogen and oxygen atoms in total. The fourth-order valence-electron chi connectivity index (χ4n) is 5.33. The third-order valence-electron chi connectivity index (χ3n) is 8.02. The summed E-state index contributed by atoms with van der Waals surface area (Å²) in [4.78, 5) is 36.8. The first kappa shape index (κ1) is 58.2. The second-order valence-corrected chi connectivity index (χ2v) is 12.8. The van der Waals surface area contributed by atoms with Gasteiger partial charge in [-0.3, -0.25) is 14.9 Å². The Hall–Kier alpha value is -7.84. The maximum Gasteiger partial charge on any atom is 0.417 e. The molecule has 0 amide bonds. The summed E-state index contributed by atoms with van der Waals surface area (Å²) in [5, 5.41) is 19.5. The van der Waals surface area contributed by atoms with Crippen molar-refractivity contribution in [2.24, 2.45) is 0 Å². The molecule has 12 rings (SSSR count). The highest BCUT2D eigenvalue weighted by atomic mass is 32.1. The van der Waals surface area contributed by atoms with E-state index in [1.807, 2.05) is 217 Å². The molecule has 68 heavy (non-hydrogen) atoms. The Morgan fingerprint density at radius 3 is 1.53 bits per heavy atom. The van der Waals surface area contributed by atoms with Gasteiger partial charge in [-0.1, -0.05) is 179 Å². The molecule has 0 unspecified atom stereocenters. The van der Waals surface area contributed by atoms with Gasteiger partial charge in [-0.15, -0.1) is 0 Å². The van der Waals surface area contributed by atoms with E-state index in [-0.39, 0.29) is 4.87 Å². The van der Waals surface area contributed by atoms with E-state index < -0.39 is 5.76 Å². The zero-order valence-corrected chi connectivity index (χ0v) is 42.4. The summed E-state index contributed by atoms with van der Waals surface area (Å²) in [6.07, 6.45) is 5.46. The highest BCUT2D eigenvalue weighted by Crippen LogP contribution is 2.12. The molecular formula is C54H70N10O3S. The molecule has 0 saturated heterocycles. The standard InChI is InChI=1S/C8H7N.2C7H6N2.C7H5NO2.C7H5NOS.C6H5N3.6C2H6/c1-2-4-8-7(3-1)5-6-9-8;1-2-4-7-6(3-1)8-5-9-7;1-2-4-7-6(3-1)5-8-9-7;2*9-7-8-5-3-1-2-4-6(5)10-7;1-2-4-6-5(3-1)7-9-8-6;6*1-2/h1-6,9H;2*1-5H,(H,8,9);2*1-4H,(H,8,9);1-4H,(H,7,8,9);6*1-2H3. The van der Waals surface area contributed by atoms with E-state index in [1.54, 1.807) is 18.5 Å². The van der Waals surface area contributed by atoms with E-state index in [2.05, 4.69) is 68.7 Å². The first-order valence-corrected chi connectivity index (χ1v) is 24.1. The van der Waals surface area contributed by atoms with Gasteiger partial charge in [0.15, 0.2) is 5.58 Å². The number of aromatic nitrogens is 10. The molecule has 6 aromatic carbocycles. The van der Waals surface area contributed by atoms with Crippen molar-refractivity contribution in [3.63, 3.8) is 0 Å². The molecule has 0 saturated carbocycles. The number of benzene rings is 6. The average Bonchev–Trinajstić information content (AvgIpc) is 4.30. The van der Waals surface area contributed by atoms with Crippen LogP contribution in [0.25, 0.3) is 65.2 Å². The van der Waals surface area contributed by atoms with Crippen LogP contribution in [0.5, 0.6) is 0 Å². The van der Waals surface area contributed by atoms with Gasteiger partial charge in [-0.25, -0.2) is 9.78 Å². The molecule has 0 fully saturated rings. The molecule has 360 valence electrons. The van der Waals surface area contributed by atoms with Crippen LogP contribution in [-0.2, 0) is 0 Å². The van der Waals surface area contributed by atoms with Crippen molar-refractivity contribution in [2.75, 3.05) is 0 Å². The van der Waals surface area contributed by atoms with Crippen LogP contribution in [-0.4, -0.2) is 50.5 Å². The van der Waals surface area contributed by atoms with Crippen molar-refractivity contribution >= 4 is 76.5 Å². The Kier molecular flexibility index (Phi) is 31.1. The Morgan fingerprint density at radius 1 is 0.456 bits per heavy atom. The van der Waals surface area contributed by atoms with E-state index >= 15 is 0 Å². The second kappa shape index (κ2) is 36.4. The van der Waals surface area contributed by atoms with Gasteiger partial charge in [0.2, 0.25) is 0 Å². The summed E-state index contributed by atoms with van der Waals surface area (Å²) in [5.41, 5.74) is 8.53. The molecule has 12 aromatic rings. The van der Waals surface area contributed by atoms with Gasteiger partial charge in [0, 0.05) is 17.1 Å². The molecule has 6 N–H and O–H groups in total. The van der Waals surface area contributed by atoms with Gasteiger partial charge in [0.1, 0.15) is 11.0 Å². The maximum atomic E-state index is 10.8. The Balaban J connectivity index is 0.000000390. The van der Waals surface area contributed by atoms with Gasteiger partial charge in [-0.2, -0.15) is 20.5 Å². The summed E-state index contributed by atoms with van der Waals surface area (Å²) < 4.78 is 5.78. The van der Waals surface area contributed by atoms with Crippen LogP contribution in [0.2, 0.25) is 0 Å². The molecule has 0 aliphatic heterocycles. The highest BCUT2D eigenvalue weighted by Gasteiger charge is 1.96. The Labute approximate surface area is 403 Å². The fraction of sp³-hybridized carbons (Fsp3) is 0.222. The lowest BCUT2D eigenvalue weighted by Gasteiger charge is -1.83. The van der Waals surface area contributed by atoms with E-state index in [0.29, 0.717) is 5.58 Å². The summed E-state index contributed by atoms with van der Waals surface area (Å²) in [6, 6.07) is 48.8. The molecule has 0 aliphatic rings. The number of rotatable bonds is 0. The Morgan fingerprint density at radius 2 is 0.956 bits per heavy atom. The van der Waals surface area contributed by atoms with Crippen LogP contribution in [0.4, 0.5) is 0 Å². The lowest BCUT2D eigenvalue weighted by atomic mass is 10.3. The monoisotopic (exact) mass is 939 g/mol. The van der Waals surface area contributed by atoms with Gasteiger partial charge in [0.05, 0.1) is 44.8 Å². The third-order valence-corrected chi connectivity index (χ3v) is 8.88. The van der Waals surface area contributed by atoms with Crippen molar-refractivity contribution in [1.82, 2.24) is 50.5 Å². The minimum absolute atomic E-state index is 0.0150. The van der Waals surface area contributed by atoms with Crippen LogP contribution in [0.1, 0.15) is 83.1 Å². The van der Waals surface area contributed by atoms with E-state index in [9.17, 15) is 9.59 Å². The van der Waals surface area contributed by atoms with Gasteiger partial charge < -0.3 is 19.4 Å². The molecule has 0 aliphatic carbocycles. The smallest absolute Gasteiger partial charge is 0.408 e. The van der Waals surface area contributed by atoms with Crippen molar-refractivity contribution in [1.29, 1.82) is 0 Å². The van der Waals surface area contributed by atoms with E-state index in [1.165, 1.54) is 22.2 Å². The molecule has 6 heterocycles. The number of hydrogen-bond acceptors (Lipinski definition) is 8.